The molecule has 0 saturated heterocycles. The van der Waals surface area contributed by atoms with Gasteiger partial charge in [-0.2, -0.15) is 13.2 Å². The first kappa shape index (κ1) is 14.1. The molecule has 0 unspecified atom stereocenters. The zero-order chi connectivity index (χ0) is 14.8. The number of hydrogen-bond donors (Lipinski definition) is 3. The molecule has 0 fully saturated rings. The second-order valence-corrected chi connectivity index (χ2v) is 4.58. The van der Waals surface area contributed by atoms with Crippen molar-refractivity contribution in [2.45, 2.75) is 6.18 Å². The summed E-state index contributed by atoms with van der Waals surface area (Å²) in [6.45, 7) is 0. The molecule has 2 amide bonds. The van der Waals surface area contributed by atoms with Crippen molar-refractivity contribution in [1.82, 2.24) is 10.2 Å². The highest BCUT2D eigenvalue weighted by atomic mass is 32.1. The van der Waals surface area contributed by atoms with E-state index in [-0.39, 0.29) is 16.0 Å². The number of nitrogens with one attached hydrogen (secondary N) is 2. The number of carbonyl (C=O) groups is 1. The van der Waals surface area contributed by atoms with Gasteiger partial charge in [0, 0.05) is 0 Å². The number of nitrogens with two attached hydrogens (primary N) is 1. The van der Waals surface area contributed by atoms with Gasteiger partial charge in [0.25, 0.3) is 0 Å². The molecule has 0 radical (unpaired) electrons. The van der Waals surface area contributed by atoms with Crippen molar-refractivity contribution in [3.8, 4) is 0 Å². The molecule has 10 heteroatoms. The van der Waals surface area contributed by atoms with E-state index in [0.717, 1.165) is 23.5 Å². The summed E-state index contributed by atoms with van der Waals surface area (Å²) in [5, 5.41) is 11.5. The largest absolute Gasteiger partial charge is 0.418 e. The van der Waals surface area contributed by atoms with E-state index in [1.165, 1.54) is 12.1 Å². The van der Waals surface area contributed by atoms with Crippen LogP contribution in [0.1, 0.15) is 5.56 Å². The number of amides is 2. The van der Waals surface area contributed by atoms with Crippen LogP contribution < -0.4 is 16.4 Å². The normalized spacial score (nSPS) is 11.2. The fourth-order valence-corrected chi connectivity index (χ4v) is 1.88. The summed E-state index contributed by atoms with van der Waals surface area (Å²) in [4.78, 5) is 11.6. The van der Waals surface area contributed by atoms with E-state index in [0.29, 0.717) is 0 Å². The minimum atomic E-state index is -4.56. The highest BCUT2D eigenvalue weighted by Crippen LogP contribution is 2.34. The van der Waals surface area contributed by atoms with Gasteiger partial charge in [0.2, 0.25) is 10.3 Å². The van der Waals surface area contributed by atoms with E-state index < -0.39 is 17.8 Å². The maximum absolute atomic E-state index is 12.7. The van der Waals surface area contributed by atoms with Crippen LogP contribution in [0.2, 0.25) is 0 Å². The first-order chi connectivity index (χ1) is 9.36. The molecule has 0 aliphatic heterocycles. The Kier molecular flexibility index (Phi) is 3.74. The van der Waals surface area contributed by atoms with Gasteiger partial charge in [0.1, 0.15) is 0 Å². The van der Waals surface area contributed by atoms with E-state index in [1.54, 1.807) is 0 Å². The summed E-state index contributed by atoms with van der Waals surface area (Å²) < 4.78 is 38.2. The van der Waals surface area contributed by atoms with E-state index >= 15 is 0 Å². The van der Waals surface area contributed by atoms with Gasteiger partial charge in [0.15, 0.2) is 0 Å². The van der Waals surface area contributed by atoms with Crippen molar-refractivity contribution in [3.05, 3.63) is 29.8 Å². The number of urea groups is 1. The summed E-state index contributed by atoms with van der Waals surface area (Å²) in [5.74, 6) is 0. The summed E-state index contributed by atoms with van der Waals surface area (Å²) in [6.07, 6.45) is -4.56. The summed E-state index contributed by atoms with van der Waals surface area (Å²) in [7, 11) is 0. The van der Waals surface area contributed by atoms with E-state index in [9.17, 15) is 18.0 Å². The molecule has 0 spiro atoms. The Morgan fingerprint density at radius 2 is 1.90 bits per heavy atom. The molecule has 1 heterocycles. The number of carbonyl (C=O) groups excluding carboxylic acids is 1. The molecule has 20 heavy (non-hydrogen) atoms. The number of nitrogen functional groups attached to an aromatic ring is 1. The molecule has 2 aromatic rings. The molecule has 4 N–H and O–H groups in total. The third kappa shape index (κ3) is 3.35. The topological polar surface area (TPSA) is 92.9 Å². The van der Waals surface area contributed by atoms with Gasteiger partial charge in [-0.3, -0.25) is 5.32 Å². The van der Waals surface area contributed by atoms with Gasteiger partial charge in [-0.1, -0.05) is 23.5 Å². The Morgan fingerprint density at radius 3 is 2.50 bits per heavy atom. The number of alkyl halides is 3. The monoisotopic (exact) mass is 303 g/mol. The van der Waals surface area contributed by atoms with Gasteiger partial charge in [-0.05, 0) is 12.1 Å². The van der Waals surface area contributed by atoms with E-state index in [1.807, 2.05) is 0 Å². The number of anilines is 3. The van der Waals surface area contributed by atoms with Crippen molar-refractivity contribution in [1.29, 1.82) is 0 Å². The highest BCUT2D eigenvalue weighted by molar-refractivity contribution is 7.18. The smallest absolute Gasteiger partial charge is 0.374 e. The molecule has 0 bridgehead atoms. The number of rotatable bonds is 2. The van der Waals surface area contributed by atoms with Crippen LogP contribution in [0.15, 0.2) is 24.3 Å². The Morgan fingerprint density at radius 1 is 1.20 bits per heavy atom. The molecule has 0 aliphatic rings. The van der Waals surface area contributed by atoms with Crippen LogP contribution in [-0.2, 0) is 6.18 Å². The minimum Gasteiger partial charge on any atom is -0.374 e. The average molecular weight is 303 g/mol. The van der Waals surface area contributed by atoms with Crippen molar-refractivity contribution in [3.63, 3.8) is 0 Å². The average Bonchev–Trinajstić information content (AvgIpc) is 2.73. The first-order valence-corrected chi connectivity index (χ1v) is 6.01. The van der Waals surface area contributed by atoms with Gasteiger partial charge in [0.05, 0.1) is 11.3 Å². The van der Waals surface area contributed by atoms with Crippen LogP contribution in [0.5, 0.6) is 0 Å². The fraction of sp³-hybridized carbons (Fsp3) is 0.100. The lowest BCUT2D eigenvalue weighted by atomic mass is 10.1. The molecule has 1 aromatic carbocycles. The summed E-state index contributed by atoms with van der Waals surface area (Å²) in [5.41, 5.74) is 4.02. The van der Waals surface area contributed by atoms with E-state index in [2.05, 4.69) is 20.8 Å². The zero-order valence-electron chi connectivity index (χ0n) is 9.73. The molecule has 106 valence electrons. The standard InChI is InChI=1S/C10H8F3N5OS/c11-10(12,13)5-3-1-2-4-6(5)15-8(19)16-9-18-17-7(14)20-9/h1-4H,(H2,14,17)(H2,15,16,18,19). The molecule has 1 aromatic heterocycles. The second kappa shape index (κ2) is 5.33. The number of nitrogens with zero attached hydrogens (tertiary/aromatic N) is 2. The Bertz CT molecular complexity index is 627. The number of benzene rings is 1. The number of aromatic nitrogens is 2. The van der Waals surface area contributed by atoms with Crippen molar-refractivity contribution >= 4 is 33.3 Å². The van der Waals surface area contributed by atoms with Crippen molar-refractivity contribution in [2.24, 2.45) is 0 Å². The number of hydrogen-bond acceptors (Lipinski definition) is 5. The van der Waals surface area contributed by atoms with Crippen LogP contribution in [0.25, 0.3) is 0 Å². The Hall–Kier alpha value is -2.36. The third-order valence-corrected chi connectivity index (χ3v) is 2.81. The predicted octanol–water partition coefficient (Wildman–Crippen LogP) is 2.78. The minimum absolute atomic E-state index is 0.0875. The Balaban J connectivity index is 2.12. The van der Waals surface area contributed by atoms with Gasteiger partial charge in [-0.25, -0.2) is 4.79 Å². The van der Waals surface area contributed by atoms with E-state index in [4.69, 9.17) is 5.73 Å². The molecule has 0 saturated carbocycles. The molecule has 6 nitrogen and oxygen atoms in total. The lowest BCUT2D eigenvalue weighted by Gasteiger charge is -2.13. The van der Waals surface area contributed by atoms with Crippen molar-refractivity contribution in [2.75, 3.05) is 16.4 Å². The molecule has 0 aliphatic carbocycles. The number of halogens is 3. The molecular weight excluding hydrogens is 295 g/mol. The van der Waals surface area contributed by atoms with Gasteiger partial charge >= 0.3 is 12.2 Å². The second-order valence-electron chi connectivity index (χ2n) is 3.57. The fourth-order valence-electron chi connectivity index (χ4n) is 1.38. The van der Waals surface area contributed by atoms with Crippen LogP contribution in [0.4, 0.5) is 33.9 Å². The summed E-state index contributed by atoms with van der Waals surface area (Å²) in [6, 6.07) is 3.78. The molecule has 0 atom stereocenters. The van der Waals surface area contributed by atoms with Crippen LogP contribution >= 0.6 is 11.3 Å². The lowest BCUT2D eigenvalue weighted by Crippen LogP contribution is -2.21. The number of para-hydroxylation sites is 1. The quantitative estimate of drug-likeness (QED) is 0.795. The third-order valence-electron chi connectivity index (χ3n) is 2.14. The summed E-state index contributed by atoms with van der Waals surface area (Å²) >= 11 is 0.898. The molecular formula is C10H8F3N5OS. The molecule has 2 rings (SSSR count). The van der Waals surface area contributed by atoms with Gasteiger partial charge < -0.3 is 11.1 Å². The van der Waals surface area contributed by atoms with Gasteiger partial charge in [-0.15, -0.1) is 10.2 Å². The highest BCUT2D eigenvalue weighted by Gasteiger charge is 2.33. The zero-order valence-corrected chi connectivity index (χ0v) is 10.5. The SMILES string of the molecule is Nc1nnc(NC(=O)Nc2ccccc2C(F)(F)F)s1. The maximum atomic E-state index is 12.7. The maximum Gasteiger partial charge on any atom is 0.418 e. The van der Waals surface area contributed by atoms with Crippen LogP contribution in [-0.4, -0.2) is 16.2 Å². The lowest BCUT2D eigenvalue weighted by molar-refractivity contribution is -0.136. The van der Waals surface area contributed by atoms with Crippen LogP contribution in [0, 0.1) is 0 Å². The Labute approximate surface area is 114 Å². The predicted molar refractivity (Wildman–Crippen MR) is 68.4 cm³/mol. The first-order valence-electron chi connectivity index (χ1n) is 5.19. The van der Waals surface area contributed by atoms with Crippen LogP contribution in [0.3, 0.4) is 0 Å². The van der Waals surface area contributed by atoms with Crippen molar-refractivity contribution < 1.29 is 18.0 Å².